The van der Waals surface area contributed by atoms with Gasteiger partial charge >= 0.3 is 0 Å². The van der Waals surface area contributed by atoms with Crippen LogP contribution >= 0.6 is 0 Å². The lowest BCUT2D eigenvalue weighted by atomic mass is 9.78. The Bertz CT molecular complexity index is 229. The molecule has 2 rings (SSSR count). The number of ketones is 1. The van der Waals surface area contributed by atoms with Crippen molar-refractivity contribution in [1.29, 1.82) is 0 Å². The van der Waals surface area contributed by atoms with Crippen molar-refractivity contribution in [2.75, 3.05) is 6.54 Å². The number of fused-ring (bicyclic) bond motifs is 1. The zero-order chi connectivity index (χ0) is 9.64. The van der Waals surface area contributed by atoms with Gasteiger partial charge in [0.05, 0.1) is 0 Å². The van der Waals surface area contributed by atoms with Crippen molar-refractivity contribution < 1.29 is 4.79 Å². The van der Waals surface area contributed by atoms with Crippen molar-refractivity contribution in [3.63, 3.8) is 0 Å². The number of hydrogen-bond acceptors (Lipinski definition) is 2. The second kappa shape index (κ2) is 2.81. The fourth-order valence-electron chi connectivity index (χ4n) is 2.95. The van der Waals surface area contributed by atoms with E-state index in [1.165, 1.54) is 0 Å². The first-order valence-corrected chi connectivity index (χ1v) is 5.26. The third-order valence-electron chi connectivity index (χ3n) is 3.57. The molecular weight excluding hydrogens is 162 g/mol. The van der Waals surface area contributed by atoms with Gasteiger partial charge in [-0.25, -0.2) is 0 Å². The van der Waals surface area contributed by atoms with Crippen LogP contribution in [0.2, 0.25) is 0 Å². The van der Waals surface area contributed by atoms with Crippen molar-refractivity contribution in [1.82, 2.24) is 5.32 Å². The third-order valence-corrected chi connectivity index (χ3v) is 3.57. The molecule has 1 unspecified atom stereocenters. The minimum Gasteiger partial charge on any atom is -0.312 e. The quantitative estimate of drug-likeness (QED) is 0.615. The molecule has 2 aliphatic rings. The summed E-state index contributed by atoms with van der Waals surface area (Å²) < 4.78 is 0. The van der Waals surface area contributed by atoms with Gasteiger partial charge in [0.1, 0.15) is 5.78 Å². The molecule has 1 aliphatic heterocycles. The number of carbonyl (C=O) groups is 1. The number of hydrogen-bond donors (Lipinski definition) is 1. The van der Waals surface area contributed by atoms with Gasteiger partial charge in [0.2, 0.25) is 0 Å². The molecule has 1 heterocycles. The molecule has 1 N–H and O–H groups in total. The fraction of sp³-hybridized carbons (Fsp3) is 0.909. The molecule has 3 atom stereocenters. The van der Waals surface area contributed by atoms with E-state index in [-0.39, 0.29) is 0 Å². The molecule has 0 spiro atoms. The first-order chi connectivity index (χ1) is 6.00. The lowest BCUT2D eigenvalue weighted by Crippen LogP contribution is -2.39. The average Bonchev–Trinajstić information content (AvgIpc) is 2.51. The van der Waals surface area contributed by atoms with Crippen molar-refractivity contribution in [3.05, 3.63) is 0 Å². The lowest BCUT2D eigenvalue weighted by molar-refractivity contribution is -0.120. The predicted octanol–water partition coefficient (Wildman–Crippen LogP) is 1.60. The summed E-state index contributed by atoms with van der Waals surface area (Å²) in [5.41, 5.74) is 0.296. The normalized spacial score (nSPS) is 39.6. The summed E-state index contributed by atoms with van der Waals surface area (Å²) in [7, 11) is 0. The largest absolute Gasteiger partial charge is 0.312 e. The highest BCUT2D eigenvalue weighted by molar-refractivity contribution is 5.84. The highest BCUT2D eigenvalue weighted by Crippen LogP contribution is 2.41. The molecule has 2 fully saturated rings. The summed E-state index contributed by atoms with van der Waals surface area (Å²) in [4.78, 5) is 11.5. The van der Waals surface area contributed by atoms with Gasteiger partial charge in [-0.15, -0.1) is 0 Å². The maximum Gasteiger partial charge on any atom is 0.137 e. The highest BCUT2D eigenvalue weighted by atomic mass is 16.1. The first-order valence-electron chi connectivity index (χ1n) is 5.26. The molecule has 1 aliphatic carbocycles. The summed E-state index contributed by atoms with van der Waals surface area (Å²) in [6.45, 7) is 7.70. The summed E-state index contributed by atoms with van der Waals surface area (Å²) in [6, 6.07) is 0.545. The van der Waals surface area contributed by atoms with Crippen molar-refractivity contribution in [3.8, 4) is 0 Å². The Kier molecular flexibility index (Phi) is 1.99. The van der Waals surface area contributed by atoms with Gasteiger partial charge in [0.25, 0.3) is 0 Å². The first kappa shape index (κ1) is 9.20. The molecule has 0 amide bonds. The highest BCUT2D eigenvalue weighted by Gasteiger charge is 2.47. The van der Waals surface area contributed by atoms with Gasteiger partial charge in [0.15, 0.2) is 0 Å². The van der Waals surface area contributed by atoms with Crippen LogP contribution in [0.4, 0.5) is 0 Å². The molecule has 2 heteroatoms. The molecule has 0 radical (unpaired) electrons. The summed E-state index contributed by atoms with van der Waals surface area (Å²) in [6.07, 6.45) is 1.93. The zero-order valence-corrected chi connectivity index (χ0v) is 8.76. The van der Waals surface area contributed by atoms with E-state index in [0.29, 0.717) is 29.1 Å². The molecular formula is C11H19NO. The summed E-state index contributed by atoms with van der Waals surface area (Å²) >= 11 is 0. The van der Waals surface area contributed by atoms with Gasteiger partial charge in [-0.3, -0.25) is 4.79 Å². The van der Waals surface area contributed by atoms with Crippen LogP contribution < -0.4 is 5.32 Å². The van der Waals surface area contributed by atoms with Crippen LogP contribution in [-0.2, 0) is 4.79 Å². The lowest BCUT2D eigenvalue weighted by Gasteiger charge is -2.31. The van der Waals surface area contributed by atoms with Crippen LogP contribution in [0.3, 0.4) is 0 Å². The molecule has 0 aromatic carbocycles. The number of rotatable bonds is 0. The topological polar surface area (TPSA) is 29.1 Å². The predicted molar refractivity (Wildman–Crippen MR) is 52.5 cm³/mol. The van der Waals surface area contributed by atoms with Crippen LogP contribution in [0.25, 0.3) is 0 Å². The van der Waals surface area contributed by atoms with E-state index in [4.69, 9.17) is 0 Å². The van der Waals surface area contributed by atoms with Gasteiger partial charge in [-0.2, -0.15) is 0 Å². The molecule has 2 nitrogen and oxygen atoms in total. The Labute approximate surface area is 80.1 Å². The molecule has 1 saturated carbocycles. The number of carbonyl (C=O) groups excluding carboxylic acids is 1. The maximum atomic E-state index is 11.5. The van der Waals surface area contributed by atoms with Crippen LogP contribution in [0.1, 0.15) is 33.6 Å². The van der Waals surface area contributed by atoms with Gasteiger partial charge in [-0.1, -0.05) is 20.8 Å². The van der Waals surface area contributed by atoms with Crippen LogP contribution in [0.5, 0.6) is 0 Å². The molecule has 0 aromatic heterocycles. The van der Waals surface area contributed by atoms with Crippen molar-refractivity contribution in [2.45, 2.75) is 39.7 Å². The molecule has 0 bridgehead atoms. The molecule has 1 saturated heterocycles. The molecule has 0 aromatic rings. The van der Waals surface area contributed by atoms with E-state index in [9.17, 15) is 4.79 Å². The Morgan fingerprint density at radius 3 is 2.69 bits per heavy atom. The van der Waals surface area contributed by atoms with E-state index < -0.39 is 0 Å². The second-order valence-electron chi connectivity index (χ2n) is 5.53. The number of nitrogens with one attached hydrogen (secondary N) is 1. The standard InChI is InChI=1S/C11H19NO/c1-11(2,3)10-7-4-5-9(13)8(7)6-12-10/h7-8,10,12H,4-6H2,1-3H3/t7-,8-,10?/m1/s1. The number of Topliss-reactive ketones (excluding diaryl/α,β-unsaturated/α-hetero) is 1. The molecule has 13 heavy (non-hydrogen) atoms. The van der Waals surface area contributed by atoms with E-state index in [0.717, 1.165) is 19.4 Å². The average molecular weight is 181 g/mol. The van der Waals surface area contributed by atoms with Crippen LogP contribution in [0, 0.1) is 17.3 Å². The Hall–Kier alpha value is -0.370. The van der Waals surface area contributed by atoms with Gasteiger partial charge < -0.3 is 5.32 Å². The smallest absolute Gasteiger partial charge is 0.137 e. The monoisotopic (exact) mass is 181 g/mol. The Morgan fingerprint density at radius 2 is 2.08 bits per heavy atom. The van der Waals surface area contributed by atoms with Gasteiger partial charge in [0, 0.05) is 24.9 Å². The van der Waals surface area contributed by atoms with Gasteiger partial charge in [-0.05, 0) is 17.8 Å². The van der Waals surface area contributed by atoms with E-state index >= 15 is 0 Å². The Balaban J connectivity index is 2.15. The zero-order valence-electron chi connectivity index (χ0n) is 8.76. The molecule has 74 valence electrons. The summed E-state index contributed by atoms with van der Waals surface area (Å²) in [5, 5.41) is 3.51. The van der Waals surface area contributed by atoms with E-state index in [1.807, 2.05) is 0 Å². The third kappa shape index (κ3) is 1.41. The second-order valence-corrected chi connectivity index (χ2v) is 5.53. The fourth-order valence-corrected chi connectivity index (χ4v) is 2.95. The Morgan fingerprint density at radius 1 is 1.38 bits per heavy atom. The summed E-state index contributed by atoms with van der Waals surface area (Å²) in [5.74, 6) is 1.45. The van der Waals surface area contributed by atoms with Crippen molar-refractivity contribution >= 4 is 5.78 Å². The maximum absolute atomic E-state index is 11.5. The minimum absolute atomic E-state index is 0.296. The van der Waals surface area contributed by atoms with Crippen molar-refractivity contribution in [2.24, 2.45) is 17.3 Å². The van der Waals surface area contributed by atoms with Crippen LogP contribution in [0.15, 0.2) is 0 Å². The van der Waals surface area contributed by atoms with E-state index in [2.05, 4.69) is 26.1 Å². The van der Waals surface area contributed by atoms with Crippen LogP contribution in [-0.4, -0.2) is 18.4 Å². The van der Waals surface area contributed by atoms with E-state index in [1.54, 1.807) is 0 Å². The minimum atomic E-state index is 0.296. The SMILES string of the molecule is CC(C)(C)C1NC[C@H]2C(=O)CC[C@@H]12.